The Hall–Kier alpha value is -1.59. The molecule has 2 heterocycles. The van der Waals surface area contributed by atoms with Gasteiger partial charge < -0.3 is 14.8 Å². The first-order chi connectivity index (χ1) is 9.58. The Morgan fingerprint density at radius 2 is 2.05 bits per heavy atom. The second kappa shape index (κ2) is 6.24. The van der Waals surface area contributed by atoms with Crippen molar-refractivity contribution < 1.29 is 4.79 Å². The summed E-state index contributed by atoms with van der Waals surface area (Å²) < 4.78 is 2.16. The highest BCUT2D eigenvalue weighted by Gasteiger charge is 2.28. The molecular formula is C14H25N5O. The highest BCUT2D eigenvalue weighted by atomic mass is 16.2. The van der Waals surface area contributed by atoms with E-state index >= 15 is 0 Å². The van der Waals surface area contributed by atoms with Gasteiger partial charge in [-0.15, -0.1) is 10.2 Å². The molecule has 0 aromatic carbocycles. The number of aromatic nitrogens is 3. The smallest absolute Gasteiger partial charge is 0.317 e. The van der Waals surface area contributed by atoms with Crippen molar-refractivity contribution in [1.29, 1.82) is 0 Å². The van der Waals surface area contributed by atoms with E-state index < -0.39 is 0 Å². The van der Waals surface area contributed by atoms with Crippen LogP contribution in [0.4, 0.5) is 4.79 Å². The lowest BCUT2D eigenvalue weighted by atomic mass is 10.0. The van der Waals surface area contributed by atoms with Crippen LogP contribution in [0, 0.1) is 5.92 Å². The van der Waals surface area contributed by atoms with Crippen molar-refractivity contribution in [3.05, 3.63) is 11.6 Å². The van der Waals surface area contributed by atoms with E-state index in [1.165, 1.54) is 0 Å². The highest BCUT2D eigenvalue weighted by molar-refractivity contribution is 5.74. The molecule has 112 valence electrons. The zero-order valence-corrected chi connectivity index (χ0v) is 12.9. The summed E-state index contributed by atoms with van der Waals surface area (Å²) in [7, 11) is 0. The zero-order valence-electron chi connectivity index (χ0n) is 12.9. The molecule has 1 atom stereocenters. The Labute approximate surface area is 120 Å². The van der Waals surface area contributed by atoms with Gasteiger partial charge in [0.2, 0.25) is 0 Å². The van der Waals surface area contributed by atoms with Crippen LogP contribution in [-0.2, 0) is 13.0 Å². The molecule has 1 aromatic heterocycles. The fourth-order valence-electron chi connectivity index (χ4n) is 2.67. The molecule has 0 fully saturated rings. The first-order valence-electron chi connectivity index (χ1n) is 7.55. The van der Waals surface area contributed by atoms with Gasteiger partial charge >= 0.3 is 6.03 Å². The minimum Gasteiger partial charge on any atom is -0.328 e. The van der Waals surface area contributed by atoms with Crippen LogP contribution in [0.1, 0.15) is 51.8 Å². The number of nitrogens with zero attached hydrogens (tertiary/aromatic N) is 4. The molecule has 1 aromatic rings. The number of aryl methyl sites for hydroxylation is 1. The number of fused-ring (bicyclic) bond motifs is 1. The quantitative estimate of drug-likeness (QED) is 0.896. The van der Waals surface area contributed by atoms with Crippen LogP contribution in [0.5, 0.6) is 0 Å². The molecule has 1 aliphatic heterocycles. The number of nitrogens with one attached hydrogen (secondary N) is 1. The summed E-state index contributed by atoms with van der Waals surface area (Å²) in [5, 5.41) is 11.7. The molecule has 0 aliphatic carbocycles. The third-order valence-corrected chi connectivity index (χ3v) is 3.91. The van der Waals surface area contributed by atoms with Crippen LogP contribution in [-0.4, -0.2) is 38.8 Å². The van der Waals surface area contributed by atoms with Crippen molar-refractivity contribution in [3.63, 3.8) is 0 Å². The first-order valence-corrected chi connectivity index (χ1v) is 7.55. The summed E-state index contributed by atoms with van der Waals surface area (Å²) >= 11 is 0. The number of carbonyl (C=O) groups excluding carboxylic acids is 1. The van der Waals surface area contributed by atoms with Crippen molar-refractivity contribution in [1.82, 2.24) is 25.0 Å². The number of hydrogen-bond acceptors (Lipinski definition) is 3. The first kappa shape index (κ1) is 14.8. The fraction of sp³-hybridized carbons (Fsp3) is 0.786. The number of hydrogen-bond donors (Lipinski definition) is 1. The lowest BCUT2D eigenvalue weighted by molar-refractivity contribution is 0.194. The van der Waals surface area contributed by atoms with E-state index in [1.54, 1.807) is 4.90 Å². The maximum atomic E-state index is 12.3. The molecule has 20 heavy (non-hydrogen) atoms. The number of amides is 2. The van der Waals surface area contributed by atoms with Crippen LogP contribution in [0.2, 0.25) is 0 Å². The minimum absolute atomic E-state index is 0.0240. The predicted octanol–water partition coefficient (Wildman–Crippen LogP) is 1.97. The summed E-state index contributed by atoms with van der Waals surface area (Å²) in [6, 6.07) is -0.105. The largest absolute Gasteiger partial charge is 0.328 e. The van der Waals surface area contributed by atoms with E-state index in [0.29, 0.717) is 13.1 Å². The summed E-state index contributed by atoms with van der Waals surface area (Å²) in [6.07, 6.45) is 2.11. The Balaban J connectivity index is 2.17. The minimum atomic E-state index is -0.0811. The molecule has 0 saturated carbocycles. The Morgan fingerprint density at radius 3 is 2.65 bits per heavy atom. The maximum Gasteiger partial charge on any atom is 0.317 e. The van der Waals surface area contributed by atoms with Crippen molar-refractivity contribution >= 4 is 6.03 Å². The lowest BCUT2D eigenvalue weighted by Crippen LogP contribution is -2.43. The Bertz CT molecular complexity index is 464. The average Bonchev–Trinajstić information content (AvgIpc) is 3.00. The third kappa shape index (κ3) is 2.78. The summed E-state index contributed by atoms with van der Waals surface area (Å²) in [5.74, 6) is 2.22. The van der Waals surface area contributed by atoms with Gasteiger partial charge in [0.25, 0.3) is 0 Å². The van der Waals surface area contributed by atoms with Gasteiger partial charge in [-0.1, -0.05) is 13.8 Å². The molecule has 2 rings (SSSR count). The van der Waals surface area contributed by atoms with Gasteiger partial charge in [-0.2, -0.15) is 0 Å². The van der Waals surface area contributed by atoms with Crippen molar-refractivity contribution in [2.45, 2.75) is 53.1 Å². The van der Waals surface area contributed by atoms with Gasteiger partial charge in [0.15, 0.2) is 5.82 Å². The molecule has 1 N–H and O–H groups in total. The van der Waals surface area contributed by atoms with E-state index in [1.807, 2.05) is 13.8 Å². The number of urea groups is 1. The SMILES string of the molecule is CCN(CC)C(=O)NC(c1nnc2n1CCC2)C(C)C. The lowest BCUT2D eigenvalue weighted by Gasteiger charge is -2.26. The van der Waals surface area contributed by atoms with E-state index in [2.05, 4.69) is 33.9 Å². The molecule has 1 unspecified atom stereocenters. The third-order valence-electron chi connectivity index (χ3n) is 3.91. The molecule has 0 spiro atoms. The van der Waals surface area contributed by atoms with Gasteiger partial charge in [-0.3, -0.25) is 0 Å². The second-order valence-corrected chi connectivity index (χ2v) is 5.57. The van der Waals surface area contributed by atoms with Crippen LogP contribution in [0.15, 0.2) is 0 Å². The topological polar surface area (TPSA) is 63.1 Å². The summed E-state index contributed by atoms with van der Waals surface area (Å²) in [6.45, 7) is 10.6. The Kier molecular flexibility index (Phi) is 4.62. The highest BCUT2D eigenvalue weighted by Crippen LogP contribution is 2.24. The number of carbonyl (C=O) groups is 1. The Morgan fingerprint density at radius 1 is 1.35 bits per heavy atom. The van der Waals surface area contributed by atoms with Crippen LogP contribution in [0.3, 0.4) is 0 Å². The van der Waals surface area contributed by atoms with Crippen molar-refractivity contribution in [3.8, 4) is 0 Å². The molecule has 0 radical (unpaired) electrons. The van der Waals surface area contributed by atoms with Crippen molar-refractivity contribution in [2.75, 3.05) is 13.1 Å². The van der Waals surface area contributed by atoms with E-state index in [-0.39, 0.29) is 18.0 Å². The zero-order chi connectivity index (χ0) is 14.7. The number of rotatable bonds is 5. The summed E-state index contributed by atoms with van der Waals surface area (Å²) in [4.78, 5) is 14.1. The van der Waals surface area contributed by atoms with Crippen LogP contribution < -0.4 is 5.32 Å². The molecule has 6 heteroatoms. The molecule has 1 aliphatic rings. The summed E-state index contributed by atoms with van der Waals surface area (Å²) in [5.41, 5.74) is 0. The van der Waals surface area contributed by atoms with E-state index in [4.69, 9.17) is 0 Å². The van der Waals surface area contributed by atoms with Crippen LogP contribution >= 0.6 is 0 Å². The van der Waals surface area contributed by atoms with Gasteiger partial charge in [0.05, 0.1) is 6.04 Å². The molecule has 6 nitrogen and oxygen atoms in total. The monoisotopic (exact) mass is 279 g/mol. The van der Waals surface area contributed by atoms with Crippen LogP contribution in [0.25, 0.3) is 0 Å². The second-order valence-electron chi connectivity index (χ2n) is 5.57. The van der Waals surface area contributed by atoms with Gasteiger partial charge in [-0.05, 0) is 26.2 Å². The maximum absolute atomic E-state index is 12.3. The molecule has 0 bridgehead atoms. The molecule has 2 amide bonds. The van der Waals surface area contributed by atoms with Gasteiger partial charge in [0.1, 0.15) is 5.82 Å². The van der Waals surface area contributed by atoms with E-state index in [9.17, 15) is 4.79 Å². The molecular weight excluding hydrogens is 254 g/mol. The average molecular weight is 279 g/mol. The standard InChI is InChI=1S/C14H25N5O/c1-5-18(6-2)14(20)15-12(10(3)4)13-17-16-11-8-7-9-19(11)13/h10,12H,5-9H2,1-4H3,(H,15,20). The van der Waals surface area contributed by atoms with Gasteiger partial charge in [-0.25, -0.2) is 4.79 Å². The van der Waals surface area contributed by atoms with Gasteiger partial charge in [0, 0.05) is 26.1 Å². The van der Waals surface area contributed by atoms with Crippen molar-refractivity contribution in [2.24, 2.45) is 5.92 Å². The normalized spacial score (nSPS) is 15.2. The molecule has 0 saturated heterocycles. The predicted molar refractivity (Wildman–Crippen MR) is 77.4 cm³/mol. The van der Waals surface area contributed by atoms with E-state index in [0.717, 1.165) is 31.0 Å². The fourth-order valence-corrected chi connectivity index (χ4v) is 2.67.